The molecule has 0 aromatic rings. The first-order chi connectivity index (χ1) is 20.1. The number of unbranched alkanes of at least 4 members (excludes halogenated alkanes) is 24. The Bertz CT molecular complexity index is 560. The van der Waals surface area contributed by atoms with Crippen molar-refractivity contribution in [3.05, 3.63) is 24.3 Å². The molecule has 0 spiro atoms. The third-order valence-electron chi connectivity index (χ3n) is 7.80. The van der Waals surface area contributed by atoms with Gasteiger partial charge in [0.2, 0.25) is 0 Å². The van der Waals surface area contributed by atoms with E-state index in [0.717, 1.165) is 25.7 Å². The van der Waals surface area contributed by atoms with Crippen molar-refractivity contribution < 1.29 is 13.6 Å². The number of hydrogen-bond donors (Lipinski definition) is 0. The van der Waals surface area contributed by atoms with Crippen LogP contribution in [0.5, 0.6) is 0 Å². The van der Waals surface area contributed by atoms with Gasteiger partial charge < -0.3 is 0 Å². The van der Waals surface area contributed by atoms with Crippen molar-refractivity contribution in [3.63, 3.8) is 0 Å². The van der Waals surface area contributed by atoms with E-state index in [1.54, 1.807) is 0 Å². The first-order valence-electron chi connectivity index (χ1n) is 18.0. The average molecular weight is 617 g/mol. The van der Waals surface area contributed by atoms with Crippen LogP contribution in [0.4, 0.5) is 0 Å². The molecule has 0 saturated carbocycles. The second-order valence-electron chi connectivity index (χ2n) is 12.0. The molecule has 0 heterocycles. The van der Waals surface area contributed by atoms with Gasteiger partial charge in [0.05, 0.1) is 13.2 Å². The monoisotopic (exact) mass is 616 g/mol. The molecular formula is C36H70ClO3P. The van der Waals surface area contributed by atoms with Gasteiger partial charge in [0.15, 0.2) is 0 Å². The number of halogens is 1. The molecule has 0 radical (unpaired) electrons. The van der Waals surface area contributed by atoms with E-state index in [0.29, 0.717) is 13.2 Å². The van der Waals surface area contributed by atoms with Crippen LogP contribution in [-0.4, -0.2) is 13.2 Å². The Morgan fingerprint density at radius 1 is 0.415 bits per heavy atom. The van der Waals surface area contributed by atoms with Crippen LogP contribution in [0.3, 0.4) is 0 Å². The maximum Gasteiger partial charge on any atom is 0.424 e. The van der Waals surface area contributed by atoms with Crippen LogP contribution in [0, 0.1) is 0 Å². The first-order valence-corrected chi connectivity index (χ1v) is 20.5. The van der Waals surface area contributed by atoms with E-state index in [9.17, 15) is 4.57 Å². The molecule has 0 amide bonds. The fourth-order valence-corrected chi connectivity index (χ4v) is 6.27. The first kappa shape index (κ1) is 40.9. The highest BCUT2D eigenvalue weighted by atomic mass is 35.7. The van der Waals surface area contributed by atoms with E-state index >= 15 is 0 Å². The van der Waals surface area contributed by atoms with E-state index < -0.39 is 6.95 Å². The van der Waals surface area contributed by atoms with Gasteiger partial charge in [0, 0.05) is 11.2 Å². The van der Waals surface area contributed by atoms with Gasteiger partial charge in [-0.05, 0) is 64.2 Å². The number of rotatable bonds is 34. The maximum atomic E-state index is 12.2. The molecule has 0 bridgehead atoms. The molecule has 0 unspecified atom stereocenters. The molecule has 0 aromatic carbocycles. The Kier molecular flexibility index (Phi) is 34.3. The maximum absolute atomic E-state index is 12.2. The highest BCUT2D eigenvalue weighted by molar-refractivity contribution is 7.81. The minimum absolute atomic E-state index is 0.426. The summed E-state index contributed by atoms with van der Waals surface area (Å²) in [6.07, 6.45) is 45.0. The summed E-state index contributed by atoms with van der Waals surface area (Å²) in [7, 11) is 0. The van der Waals surface area contributed by atoms with Gasteiger partial charge in [-0.1, -0.05) is 154 Å². The van der Waals surface area contributed by atoms with Gasteiger partial charge in [0.25, 0.3) is 0 Å². The van der Waals surface area contributed by atoms with Crippen LogP contribution in [0.25, 0.3) is 0 Å². The highest BCUT2D eigenvalue weighted by Gasteiger charge is 2.19. The van der Waals surface area contributed by atoms with Gasteiger partial charge in [-0.25, -0.2) is 4.57 Å². The summed E-state index contributed by atoms with van der Waals surface area (Å²) >= 11 is 5.98. The molecule has 0 aliphatic rings. The quantitative estimate of drug-likeness (QED) is 0.0410. The molecule has 0 aliphatic heterocycles. The van der Waals surface area contributed by atoms with Crippen molar-refractivity contribution in [2.75, 3.05) is 13.2 Å². The van der Waals surface area contributed by atoms with Crippen molar-refractivity contribution >= 4 is 18.2 Å². The van der Waals surface area contributed by atoms with Crippen molar-refractivity contribution in [2.24, 2.45) is 0 Å². The SMILES string of the molecule is CCCCCCCC/C=C\CCCCCCCCOP(=O)(Cl)OCCCCCCCC/C=C\CCCCCCCC. The lowest BCUT2D eigenvalue weighted by molar-refractivity contribution is 0.211. The molecule has 5 heteroatoms. The van der Waals surface area contributed by atoms with Crippen molar-refractivity contribution in [1.82, 2.24) is 0 Å². The lowest BCUT2D eigenvalue weighted by Crippen LogP contribution is -1.96. The van der Waals surface area contributed by atoms with Crippen LogP contribution in [-0.2, 0) is 13.6 Å². The molecule has 0 saturated heterocycles. The van der Waals surface area contributed by atoms with E-state index in [1.165, 1.54) is 154 Å². The summed E-state index contributed by atoms with van der Waals surface area (Å²) in [5, 5.41) is 0. The summed E-state index contributed by atoms with van der Waals surface area (Å²) < 4.78 is 23.0. The molecule has 0 atom stereocenters. The zero-order valence-electron chi connectivity index (χ0n) is 27.6. The minimum Gasteiger partial charge on any atom is -0.297 e. The van der Waals surface area contributed by atoms with E-state index in [2.05, 4.69) is 38.2 Å². The van der Waals surface area contributed by atoms with Crippen LogP contribution < -0.4 is 0 Å². The van der Waals surface area contributed by atoms with E-state index in [-0.39, 0.29) is 0 Å². The molecular weight excluding hydrogens is 547 g/mol. The molecule has 3 nitrogen and oxygen atoms in total. The largest absolute Gasteiger partial charge is 0.424 e. The lowest BCUT2D eigenvalue weighted by Gasteiger charge is -2.11. The molecule has 0 fully saturated rings. The van der Waals surface area contributed by atoms with Gasteiger partial charge in [-0.2, -0.15) is 0 Å². The van der Waals surface area contributed by atoms with Gasteiger partial charge in [-0.3, -0.25) is 9.05 Å². The summed E-state index contributed by atoms with van der Waals surface area (Å²) in [5.74, 6) is 0. The van der Waals surface area contributed by atoms with Crippen molar-refractivity contribution in [1.29, 1.82) is 0 Å². The summed E-state index contributed by atoms with van der Waals surface area (Å²) in [6.45, 7) is 1.98. The Balaban J connectivity index is 3.35. The van der Waals surface area contributed by atoms with Crippen LogP contribution in [0.1, 0.15) is 194 Å². The number of allylic oxidation sites excluding steroid dienone is 4. The predicted octanol–water partition coefficient (Wildman–Crippen LogP) is 14.4. The molecule has 0 aromatic heterocycles. The third-order valence-corrected chi connectivity index (χ3v) is 9.37. The van der Waals surface area contributed by atoms with Gasteiger partial charge >= 0.3 is 6.95 Å². The molecule has 41 heavy (non-hydrogen) atoms. The zero-order valence-corrected chi connectivity index (χ0v) is 29.2. The topological polar surface area (TPSA) is 35.5 Å². The fourth-order valence-electron chi connectivity index (χ4n) is 5.08. The number of hydrogen-bond acceptors (Lipinski definition) is 3. The van der Waals surface area contributed by atoms with Crippen molar-refractivity contribution in [2.45, 2.75) is 194 Å². The van der Waals surface area contributed by atoms with Crippen LogP contribution >= 0.6 is 18.2 Å². The summed E-state index contributed by atoms with van der Waals surface area (Å²) in [6, 6.07) is 0. The molecule has 0 N–H and O–H groups in total. The van der Waals surface area contributed by atoms with Crippen LogP contribution in [0.2, 0.25) is 0 Å². The second kappa shape index (κ2) is 34.4. The smallest absolute Gasteiger partial charge is 0.297 e. The summed E-state index contributed by atoms with van der Waals surface area (Å²) in [4.78, 5) is 0. The zero-order chi connectivity index (χ0) is 30.0. The molecule has 0 rings (SSSR count). The normalized spacial score (nSPS) is 12.4. The second-order valence-corrected chi connectivity index (χ2v) is 14.6. The Labute approximate surface area is 262 Å². The Morgan fingerprint density at radius 2 is 0.659 bits per heavy atom. The summed E-state index contributed by atoms with van der Waals surface area (Å²) in [5.41, 5.74) is 0. The highest BCUT2D eigenvalue weighted by Crippen LogP contribution is 2.53. The Morgan fingerprint density at radius 3 is 0.951 bits per heavy atom. The van der Waals surface area contributed by atoms with Crippen molar-refractivity contribution in [3.8, 4) is 0 Å². The molecule has 244 valence electrons. The van der Waals surface area contributed by atoms with Gasteiger partial charge in [-0.15, -0.1) is 0 Å². The van der Waals surface area contributed by atoms with Gasteiger partial charge in [0.1, 0.15) is 0 Å². The third kappa shape index (κ3) is 36.0. The molecule has 0 aliphatic carbocycles. The predicted molar refractivity (Wildman–Crippen MR) is 184 cm³/mol. The van der Waals surface area contributed by atoms with E-state index in [1.807, 2.05) is 0 Å². The average Bonchev–Trinajstić information content (AvgIpc) is 2.96. The fraction of sp³-hybridized carbons (Fsp3) is 0.889. The standard InChI is InChI=1S/C36H70ClO3P/c1-3-5-7-9-11-13-15-17-19-21-23-25-27-29-31-33-35-39-41(37,38)40-36-34-32-30-28-26-24-22-20-18-16-14-12-10-8-6-4-2/h17-20H,3-16,21-36H2,1-2H3/b19-17-,20-18-. The van der Waals surface area contributed by atoms with E-state index in [4.69, 9.17) is 20.3 Å². The Hall–Kier alpha value is -0.0800. The minimum atomic E-state index is -3.42. The lowest BCUT2D eigenvalue weighted by atomic mass is 10.1. The van der Waals surface area contributed by atoms with Crippen LogP contribution in [0.15, 0.2) is 24.3 Å².